The largest absolute Gasteiger partial charge is 0.295 e. The van der Waals surface area contributed by atoms with E-state index in [2.05, 4.69) is 148 Å². The monoisotopic (exact) mass is 534 g/mol. The Morgan fingerprint density at radius 3 is 1.52 bits per heavy atom. The standard InChI is InChI=1S/C35H31B5N2/c1-2-27-41-25-13-7-8-14-26(25)42(27)35-23-11-5-3-9-21(23)28(22-10-4-6-12-24(22)35)19-15-17-20(18-16-19)29-30(36)32(38)34(40)33(39)31(29)37/h3-18H,2,36-40H2,1H3. The predicted octanol–water partition coefficient (Wildman–Crippen LogP) is 0.520. The van der Waals surface area contributed by atoms with Crippen LogP contribution in [0.3, 0.4) is 0 Å². The van der Waals surface area contributed by atoms with E-state index >= 15 is 0 Å². The molecule has 0 fully saturated rings. The molecule has 7 heteroatoms. The minimum Gasteiger partial charge on any atom is -0.295 e. The van der Waals surface area contributed by atoms with Crippen molar-refractivity contribution in [3.05, 3.63) is 103 Å². The predicted molar refractivity (Wildman–Crippen MR) is 197 cm³/mol. The smallest absolute Gasteiger partial charge is 0.139 e. The van der Waals surface area contributed by atoms with Crippen LogP contribution >= 0.6 is 0 Å². The van der Waals surface area contributed by atoms with Crippen LogP contribution in [0.1, 0.15) is 12.7 Å². The maximum Gasteiger partial charge on any atom is 0.139 e. The van der Waals surface area contributed by atoms with Gasteiger partial charge in [-0.25, -0.2) is 4.98 Å². The molecule has 7 aromatic rings. The van der Waals surface area contributed by atoms with Gasteiger partial charge in [-0.15, -0.1) is 16.4 Å². The van der Waals surface area contributed by atoms with Gasteiger partial charge in [-0.05, 0) is 45.2 Å². The number of para-hydroxylation sites is 2. The van der Waals surface area contributed by atoms with Gasteiger partial charge in [0.1, 0.15) is 45.1 Å². The normalized spacial score (nSPS) is 11.5. The average molecular weight is 534 g/mol. The van der Waals surface area contributed by atoms with Crippen molar-refractivity contribution < 1.29 is 0 Å². The fourth-order valence-corrected chi connectivity index (χ4v) is 6.96. The summed E-state index contributed by atoms with van der Waals surface area (Å²) in [6, 6.07) is 35.5. The molecule has 7 rings (SSSR count). The van der Waals surface area contributed by atoms with Crippen LogP contribution in [0, 0.1) is 0 Å². The van der Waals surface area contributed by atoms with Crippen LogP contribution in [0.15, 0.2) is 97.1 Å². The molecule has 0 spiro atoms. The quantitative estimate of drug-likeness (QED) is 0.238. The highest BCUT2D eigenvalue weighted by Crippen LogP contribution is 2.42. The lowest BCUT2D eigenvalue weighted by molar-refractivity contribution is 0.917. The van der Waals surface area contributed by atoms with Gasteiger partial charge in [0.05, 0.1) is 16.7 Å². The first-order valence-corrected chi connectivity index (χ1v) is 15.0. The lowest BCUT2D eigenvalue weighted by Crippen LogP contribution is -2.55. The van der Waals surface area contributed by atoms with Gasteiger partial charge in [-0.3, -0.25) is 4.57 Å². The van der Waals surface area contributed by atoms with Gasteiger partial charge in [0.15, 0.2) is 0 Å². The van der Waals surface area contributed by atoms with Gasteiger partial charge in [0.25, 0.3) is 0 Å². The molecular weight excluding hydrogens is 502 g/mol. The second kappa shape index (κ2) is 10.2. The summed E-state index contributed by atoms with van der Waals surface area (Å²) in [5, 5.41) is 5.00. The molecule has 42 heavy (non-hydrogen) atoms. The zero-order valence-electron chi connectivity index (χ0n) is 25.3. The zero-order valence-corrected chi connectivity index (χ0v) is 25.3. The Balaban J connectivity index is 1.51. The number of aromatic nitrogens is 2. The van der Waals surface area contributed by atoms with Crippen LogP contribution in [0.2, 0.25) is 0 Å². The van der Waals surface area contributed by atoms with Gasteiger partial charge >= 0.3 is 0 Å². The Morgan fingerprint density at radius 1 is 0.524 bits per heavy atom. The Hall–Kier alpha value is -4.37. The van der Waals surface area contributed by atoms with Crippen molar-refractivity contribution in [1.82, 2.24) is 9.55 Å². The SMILES string of the molecule is Bc1c(B)c(B)c(-c2ccc(-c3c4ccccc4c(-n4c(CC)nc5ccccc54)c4ccccc34)cc2)c(B)c1B. The fraction of sp³-hybridized carbons (Fsp3) is 0.0571. The first-order chi connectivity index (χ1) is 20.4. The number of nitrogens with zero attached hydrogens (tertiary/aromatic N) is 2. The Labute approximate surface area is 252 Å². The lowest BCUT2D eigenvalue weighted by atomic mass is 9.59. The summed E-state index contributed by atoms with van der Waals surface area (Å²) >= 11 is 0. The minimum absolute atomic E-state index is 0.858. The third kappa shape index (κ3) is 3.90. The van der Waals surface area contributed by atoms with E-state index in [1.165, 1.54) is 76.8 Å². The van der Waals surface area contributed by atoms with Crippen molar-refractivity contribution in [2.45, 2.75) is 13.3 Å². The number of fused-ring (bicyclic) bond motifs is 3. The molecular formula is C35H31B5N2. The van der Waals surface area contributed by atoms with E-state index in [4.69, 9.17) is 4.98 Å². The van der Waals surface area contributed by atoms with Crippen LogP contribution in [-0.2, 0) is 6.42 Å². The number of benzene rings is 6. The van der Waals surface area contributed by atoms with Crippen molar-refractivity contribution in [1.29, 1.82) is 0 Å². The van der Waals surface area contributed by atoms with E-state index in [9.17, 15) is 0 Å². The first-order valence-electron chi connectivity index (χ1n) is 15.0. The molecule has 0 aliphatic carbocycles. The van der Waals surface area contributed by atoms with Gasteiger partial charge in [0.2, 0.25) is 0 Å². The van der Waals surface area contributed by atoms with Crippen molar-refractivity contribution in [2.24, 2.45) is 0 Å². The molecule has 2 nitrogen and oxygen atoms in total. The zero-order chi connectivity index (χ0) is 29.1. The second-order valence-corrected chi connectivity index (χ2v) is 11.6. The summed E-state index contributed by atoms with van der Waals surface area (Å²) in [7, 11) is 11.3. The van der Waals surface area contributed by atoms with E-state index < -0.39 is 0 Å². The summed E-state index contributed by atoms with van der Waals surface area (Å²) in [5.41, 5.74) is 15.5. The molecule has 0 saturated carbocycles. The number of hydrogen-bond acceptors (Lipinski definition) is 1. The van der Waals surface area contributed by atoms with Crippen LogP contribution < -0.4 is 27.3 Å². The Bertz CT molecular complexity index is 2100. The lowest BCUT2D eigenvalue weighted by Gasteiger charge is -2.21. The van der Waals surface area contributed by atoms with Crippen LogP contribution in [-0.4, -0.2) is 48.8 Å². The molecule has 0 bridgehead atoms. The number of rotatable bonds is 4. The Kier molecular flexibility index (Phi) is 6.42. The van der Waals surface area contributed by atoms with Gasteiger partial charge < -0.3 is 0 Å². The summed E-state index contributed by atoms with van der Waals surface area (Å²) in [6.45, 7) is 2.19. The molecule has 0 amide bonds. The molecule has 0 radical (unpaired) electrons. The van der Waals surface area contributed by atoms with Crippen molar-refractivity contribution >= 4 is 99.1 Å². The molecule has 0 aliphatic rings. The molecule has 6 aromatic carbocycles. The topological polar surface area (TPSA) is 17.8 Å². The summed E-state index contributed by atoms with van der Waals surface area (Å²) < 4.78 is 2.39. The average Bonchev–Trinajstić information content (AvgIpc) is 3.40. The molecule has 0 atom stereocenters. The summed E-state index contributed by atoms with van der Waals surface area (Å²) in [5.74, 6) is 1.08. The van der Waals surface area contributed by atoms with E-state index in [0.717, 1.165) is 23.3 Å². The highest BCUT2D eigenvalue weighted by atomic mass is 15.1. The highest BCUT2D eigenvalue weighted by molar-refractivity contribution is 6.68. The van der Waals surface area contributed by atoms with E-state index in [0.29, 0.717) is 0 Å². The van der Waals surface area contributed by atoms with Gasteiger partial charge in [-0.2, -0.15) is 0 Å². The third-order valence-electron chi connectivity index (χ3n) is 9.54. The van der Waals surface area contributed by atoms with Crippen molar-refractivity contribution in [3.8, 4) is 27.9 Å². The molecule has 0 unspecified atom stereocenters. The Morgan fingerprint density at radius 2 is 0.976 bits per heavy atom. The molecule has 0 aliphatic heterocycles. The second-order valence-electron chi connectivity index (χ2n) is 11.6. The van der Waals surface area contributed by atoms with Gasteiger partial charge in [0, 0.05) is 17.2 Å². The van der Waals surface area contributed by atoms with E-state index in [-0.39, 0.29) is 0 Å². The number of aryl methyl sites for hydroxylation is 1. The summed E-state index contributed by atoms with van der Waals surface area (Å²) in [4.78, 5) is 5.04. The molecule has 196 valence electrons. The van der Waals surface area contributed by atoms with E-state index in [1.54, 1.807) is 0 Å². The highest BCUT2D eigenvalue weighted by Gasteiger charge is 2.20. The minimum atomic E-state index is 0.858. The van der Waals surface area contributed by atoms with Crippen molar-refractivity contribution in [3.63, 3.8) is 0 Å². The first kappa shape index (κ1) is 26.5. The molecule has 1 heterocycles. The third-order valence-corrected chi connectivity index (χ3v) is 9.54. The number of imidazole rings is 1. The maximum atomic E-state index is 5.04. The van der Waals surface area contributed by atoms with E-state index in [1.807, 2.05) is 0 Å². The van der Waals surface area contributed by atoms with Gasteiger partial charge in [-0.1, -0.05) is 103 Å². The molecule has 0 N–H and O–H groups in total. The fourth-order valence-electron chi connectivity index (χ4n) is 6.96. The van der Waals surface area contributed by atoms with Crippen LogP contribution in [0.4, 0.5) is 0 Å². The van der Waals surface area contributed by atoms with Crippen LogP contribution in [0.5, 0.6) is 0 Å². The molecule has 1 aromatic heterocycles. The van der Waals surface area contributed by atoms with Crippen molar-refractivity contribution in [2.75, 3.05) is 0 Å². The number of hydrogen-bond donors (Lipinski definition) is 0. The van der Waals surface area contributed by atoms with Crippen LogP contribution in [0.25, 0.3) is 60.5 Å². The maximum absolute atomic E-state index is 5.04. The molecule has 0 saturated heterocycles. The summed E-state index contributed by atoms with van der Waals surface area (Å²) in [6.07, 6.45) is 0.858.